The van der Waals surface area contributed by atoms with Gasteiger partial charge in [0.15, 0.2) is 0 Å². The first-order valence-corrected chi connectivity index (χ1v) is 5.57. The highest BCUT2D eigenvalue weighted by Crippen LogP contribution is 2.47. The molecule has 0 unspecified atom stereocenters. The van der Waals surface area contributed by atoms with E-state index in [-0.39, 0.29) is 5.82 Å². The molecule has 82 valence electrons. The molecule has 1 nitrogen and oxygen atoms in total. The van der Waals surface area contributed by atoms with Crippen molar-refractivity contribution in [1.29, 1.82) is 0 Å². The van der Waals surface area contributed by atoms with Crippen LogP contribution in [-0.4, -0.2) is 0 Å². The van der Waals surface area contributed by atoms with Crippen molar-refractivity contribution < 1.29 is 4.39 Å². The Kier molecular flexibility index (Phi) is 2.55. The van der Waals surface area contributed by atoms with E-state index in [0.29, 0.717) is 17.4 Å². The molecule has 1 aromatic rings. The number of halogens is 1. The van der Waals surface area contributed by atoms with E-state index in [4.69, 9.17) is 5.73 Å². The van der Waals surface area contributed by atoms with Gasteiger partial charge in [0.1, 0.15) is 5.82 Å². The molecule has 2 heteroatoms. The number of hydrogen-bond acceptors (Lipinski definition) is 1. The van der Waals surface area contributed by atoms with Gasteiger partial charge in [-0.25, -0.2) is 4.39 Å². The molecule has 0 bridgehead atoms. The van der Waals surface area contributed by atoms with Gasteiger partial charge in [-0.15, -0.1) is 0 Å². The summed E-state index contributed by atoms with van der Waals surface area (Å²) >= 11 is 0. The largest absolute Gasteiger partial charge is 0.321 e. The third-order valence-corrected chi connectivity index (χ3v) is 3.61. The third-order valence-electron chi connectivity index (χ3n) is 3.61. The lowest BCUT2D eigenvalue weighted by molar-refractivity contribution is 0.101. The van der Waals surface area contributed by atoms with E-state index in [1.807, 2.05) is 12.1 Å². The van der Waals surface area contributed by atoms with E-state index in [2.05, 4.69) is 13.8 Å². The normalized spacial score (nSPS) is 30.3. The van der Waals surface area contributed by atoms with Crippen LogP contribution in [0.25, 0.3) is 0 Å². The fourth-order valence-corrected chi connectivity index (χ4v) is 2.43. The monoisotopic (exact) mass is 207 g/mol. The molecule has 0 spiro atoms. The average molecular weight is 207 g/mol. The first-order chi connectivity index (χ1) is 7.03. The maximum atomic E-state index is 13.6. The Balaban J connectivity index is 2.17. The highest BCUT2D eigenvalue weighted by Gasteiger charge is 2.44. The van der Waals surface area contributed by atoms with E-state index < -0.39 is 5.54 Å². The highest BCUT2D eigenvalue weighted by molar-refractivity contribution is 5.28. The second-order valence-corrected chi connectivity index (χ2v) is 5.05. The van der Waals surface area contributed by atoms with Gasteiger partial charge < -0.3 is 5.73 Å². The van der Waals surface area contributed by atoms with Crippen LogP contribution in [0, 0.1) is 17.7 Å². The van der Waals surface area contributed by atoms with Crippen molar-refractivity contribution in [2.75, 3.05) is 0 Å². The fourth-order valence-electron chi connectivity index (χ4n) is 2.43. The highest BCUT2D eigenvalue weighted by atomic mass is 19.1. The molecule has 1 saturated carbocycles. The van der Waals surface area contributed by atoms with E-state index in [1.54, 1.807) is 6.07 Å². The van der Waals surface area contributed by atoms with Crippen LogP contribution >= 0.6 is 0 Å². The summed E-state index contributed by atoms with van der Waals surface area (Å²) in [5.41, 5.74) is 6.48. The van der Waals surface area contributed by atoms with Crippen molar-refractivity contribution in [1.82, 2.24) is 0 Å². The van der Waals surface area contributed by atoms with E-state index in [1.165, 1.54) is 6.07 Å². The topological polar surface area (TPSA) is 26.0 Å². The van der Waals surface area contributed by atoms with Gasteiger partial charge >= 0.3 is 0 Å². The minimum Gasteiger partial charge on any atom is -0.321 e. The van der Waals surface area contributed by atoms with Crippen LogP contribution in [0.2, 0.25) is 0 Å². The Labute approximate surface area is 90.5 Å². The van der Waals surface area contributed by atoms with Crippen molar-refractivity contribution in [2.24, 2.45) is 17.6 Å². The molecule has 0 aromatic heterocycles. The molecule has 0 aliphatic heterocycles. The van der Waals surface area contributed by atoms with E-state index in [0.717, 1.165) is 12.8 Å². The third kappa shape index (κ3) is 1.78. The second kappa shape index (κ2) is 3.60. The summed E-state index contributed by atoms with van der Waals surface area (Å²) < 4.78 is 13.6. The van der Waals surface area contributed by atoms with Crippen LogP contribution in [0.5, 0.6) is 0 Å². The van der Waals surface area contributed by atoms with Crippen LogP contribution in [0.3, 0.4) is 0 Å². The molecule has 1 fully saturated rings. The number of nitrogens with two attached hydrogens (primary N) is 1. The molecule has 1 aromatic carbocycles. The Morgan fingerprint density at radius 1 is 1.33 bits per heavy atom. The Morgan fingerprint density at radius 3 is 2.47 bits per heavy atom. The molecule has 0 radical (unpaired) electrons. The molecule has 15 heavy (non-hydrogen) atoms. The van der Waals surface area contributed by atoms with Gasteiger partial charge in [-0.05, 0) is 30.7 Å². The first-order valence-electron chi connectivity index (χ1n) is 5.57. The predicted molar refractivity (Wildman–Crippen MR) is 59.8 cm³/mol. The minimum absolute atomic E-state index is 0.165. The Morgan fingerprint density at radius 2 is 1.93 bits per heavy atom. The lowest BCUT2D eigenvalue weighted by Gasteiger charge is -2.47. The van der Waals surface area contributed by atoms with Gasteiger partial charge in [-0.1, -0.05) is 32.0 Å². The van der Waals surface area contributed by atoms with Gasteiger partial charge in [0.2, 0.25) is 0 Å². The second-order valence-electron chi connectivity index (χ2n) is 5.05. The summed E-state index contributed by atoms with van der Waals surface area (Å²) in [6, 6.07) is 6.87. The molecular formula is C13H18FN. The first kappa shape index (κ1) is 10.6. The molecule has 1 aliphatic carbocycles. The molecular weight excluding hydrogens is 189 g/mol. The van der Waals surface area contributed by atoms with Crippen molar-refractivity contribution >= 4 is 0 Å². The zero-order valence-corrected chi connectivity index (χ0v) is 9.33. The SMILES string of the molecule is CC(C)C1CC(N)(c2ccccc2F)C1. The zero-order valence-electron chi connectivity index (χ0n) is 9.33. The minimum atomic E-state index is -0.416. The fraction of sp³-hybridized carbons (Fsp3) is 0.538. The molecule has 0 saturated heterocycles. The molecule has 2 N–H and O–H groups in total. The summed E-state index contributed by atoms with van der Waals surface area (Å²) in [4.78, 5) is 0. The molecule has 0 amide bonds. The van der Waals surface area contributed by atoms with Crippen LogP contribution < -0.4 is 5.73 Å². The summed E-state index contributed by atoms with van der Waals surface area (Å²) in [7, 11) is 0. The number of benzene rings is 1. The average Bonchev–Trinajstić information content (AvgIpc) is 2.13. The van der Waals surface area contributed by atoms with Gasteiger partial charge in [0, 0.05) is 11.1 Å². The standard InChI is InChI=1S/C13H18FN/c1-9(2)10-7-13(15,8-10)11-5-3-4-6-12(11)14/h3-6,9-10H,7-8,15H2,1-2H3. The maximum Gasteiger partial charge on any atom is 0.128 e. The van der Waals surface area contributed by atoms with Gasteiger partial charge in [-0.2, -0.15) is 0 Å². The molecule has 0 heterocycles. The van der Waals surface area contributed by atoms with Crippen LogP contribution in [0.1, 0.15) is 32.3 Å². The quantitative estimate of drug-likeness (QED) is 0.792. The molecule has 0 atom stereocenters. The number of rotatable bonds is 2. The molecule has 1 aliphatic rings. The summed E-state index contributed by atoms with van der Waals surface area (Å²) in [5, 5.41) is 0. The number of hydrogen-bond donors (Lipinski definition) is 1. The lowest BCUT2D eigenvalue weighted by Crippen LogP contribution is -2.50. The van der Waals surface area contributed by atoms with Crippen LogP contribution in [0.15, 0.2) is 24.3 Å². The summed E-state index contributed by atoms with van der Waals surface area (Å²) in [5.74, 6) is 1.13. The zero-order chi connectivity index (χ0) is 11.1. The van der Waals surface area contributed by atoms with E-state index >= 15 is 0 Å². The Bertz CT molecular complexity index is 353. The van der Waals surface area contributed by atoms with Crippen LogP contribution in [0.4, 0.5) is 4.39 Å². The lowest BCUT2D eigenvalue weighted by atomic mass is 9.62. The summed E-state index contributed by atoms with van der Waals surface area (Å²) in [6.45, 7) is 4.40. The smallest absolute Gasteiger partial charge is 0.128 e. The predicted octanol–water partition coefficient (Wildman–Crippen LogP) is 3.05. The Hall–Kier alpha value is -0.890. The van der Waals surface area contributed by atoms with Crippen LogP contribution in [-0.2, 0) is 5.54 Å². The van der Waals surface area contributed by atoms with E-state index in [9.17, 15) is 4.39 Å². The van der Waals surface area contributed by atoms with Crippen molar-refractivity contribution in [2.45, 2.75) is 32.2 Å². The maximum absolute atomic E-state index is 13.6. The van der Waals surface area contributed by atoms with Crippen molar-refractivity contribution in [3.63, 3.8) is 0 Å². The molecule has 2 rings (SSSR count). The van der Waals surface area contributed by atoms with Crippen molar-refractivity contribution in [3.8, 4) is 0 Å². The van der Waals surface area contributed by atoms with Gasteiger partial charge in [0.25, 0.3) is 0 Å². The van der Waals surface area contributed by atoms with Gasteiger partial charge in [-0.3, -0.25) is 0 Å². The summed E-state index contributed by atoms with van der Waals surface area (Å²) in [6.07, 6.45) is 1.82. The van der Waals surface area contributed by atoms with Crippen molar-refractivity contribution in [3.05, 3.63) is 35.6 Å². The van der Waals surface area contributed by atoms with Gasteiger partial charge in [0.05, 0.1) is 0 Å².